The molecule has 1 aromatic carbocycles. The lowest BCUT2D eigenvalue weighted by Crippen LogP contribution is -2.55. The van der Waals surface area contributed by atoms with Gasteiger partial charge in [0.15, 0.2) is 0 Å². The number of pyridine rings is 1. The number of carbonyl (C=O) groups is 2. The Kier molecular flexibility index (Phi) is 7.50. The Morgan fingerprint density at radius 3 is 2.74 bits per heavy atom. The zero-order valence-electron chi connectivity index (χ0n) is 19.7. The third kappa shape index (κ3) is 5.40. The highest BCUT2D eigenvalue weighted by molar-refractivity contribution is 6.31. The third-order valence-corrected chi connectivity index (χ3v) is 7.07. The highest BCUT2D eigenvalue weighted by atomic mass is 35.5. The minimum atomic E-state index is -0.418. The molecule has 2 saturated heterocycles. The Hall–Kier alpha value is -2.55. The maximum absolute atomic E-state index is 14.5. The van der Waals surface area contributed by atoms with Crippen LogP contribution >= 0.6 is 11.6 Å². The molecule has 2 aliphatic rings. The fourth-order valence-corrected chi connectivity index (χ4v) is 4.73. The van der Waals surface area contributed by atoms with E-state index < -0.39 is 11.7 Å². The van der Waals surface area contributed by atoms with Gasteiger partial charge in [-0.2, -0.15) is 0 Å². The highest BCUT2D eigenvalue weighted by Crippen LogP contribution is 2.26. The molecule has 0 saturated carbocycles. The minimum absolute atomic E-state index is 0.0377. The molecule has 0 unspecified atom stereocenters. The van der Waals surface area contributed by atoms with E-state index in [1.165, 1.54) is 18.3 Å². The van der Waals surface area contributed by atoms with Crippen molar-refractivity contribution in [3.05, 3.63) is 57.6 Å². The van der Waals surface area contributed by atoms with Crippen LogP contribution in [0.3, 0.4) is 0 Å². The molecule has 1 N–H and O–H groups in total. The molecule has 0 aliphatic carbocycles. The van der Waals surface area contributed by atoms with E-state index >= 15 is 0 Å². The first-order valence-electron chi connectivity index (χ1n) is 11.6. The number of ether oxygens (including phenoxy) is 1. The van der Waals surface area contributed by atoms with E-state index in [1.807, 2.05) is 18.7 Å². The van der Waals surface area contributed by atoms with Crippen LogP contribution < -0.4 is 5.32 Å². The van der Waals surface area contributed by atoms with Crippen LogP contribution in [0.2, 0.25) is 5.02 Å². The Labute approximate surface area is 204 Å². The van der Waals surface area contributed by atoms with Gasteiger partial charge in [-0.25, -0.2) is 4.39 Å². The van der Waals surface area contributed by atoms with Crippen LogP contribution in [-0.4, -0.2) is 65.5 Å². The summed E-state index contributed by atoms with van der Waals surface area (Å²) >= 11 is 6.09. The van der Waals surface area contributed by atoms with Crippen molar-refractivity contribution in [2.24, 2.45) is 5.92 Å². The Balaban J connectivity index is 1.43. The molecule has 2 aromatic rings. The first-order chi connectivity index (χ1) is 16.2. The topological polar surface area (TPSA) is 74.8 Å². The molecule has 1 aromatic heterocycles. The summed E-state index contributed by atoms with van der Waals surface area (Å²) in [4.78, 5) is 33.8. The predicted molar refractivity (Wildman–Crippen MR) is 128 cm³/mol. The van der Waals surface area contributed by atoms with Gasteiger partial charge in [0.05, 0.1) is 28.8 Å². The van der Waals surface area contributed by atoms with Gasteiger partial charge in [-0.3, -0.25) is 19.5 Å². The molecule has 4 rings (SSSR count). The van der Waals surface area contributed by atoms with Crippen molar-refractivity contribution in [1.29, 1.82) is 0 Å². The zero-order chi connectivity index (χ0) is 24.4. The number of carbonyl (C=O) groups excluding carboxylic acids is 2. The smallest absolute Gasteiger partial charge is 0.257 e. The summed E-state index contributed by atoms with van der Waals surface area (Å²) in [6.07, 6.45) is 2.24. The fraction of sp³-hybridized carbons (Fsp3) is 0.480. The summed E-state index contributed by atoms with van der Waals surface area (Å²) in [5.74, 6) is -0.684. The van der Waals surface area contributed by atoms with Crippen molar-refractivity contribution >= 4 is 29.1 Å². The Morgan fingerprint density at radius 1 is 1.26 bits per heavy atom. The number of halogens is 2. The van der Waals surface area contributed by atoms with Crippen LogP contribution in [0.1, 0.15) is 40.5 Å². The van der Waals surface area contributed by atoms with Crippen LogP contribution in [0.25, 0.3) is 0 Å². The van der Waals surface area contributed by atoms with E-state index in [0.717, 1.165) is 17.5 Å². The van der Waals surface area contributed by atoms with Crippen molar-refractivity contribution < 1.29 is 18.7 Å². The van der Waals surface area contributed by atoms with Gasteiger partial charge in [0.1, 0.15) is 5.82 Å². The van der Waals surface area contributed by atoms with Crippen LogP contribution in [-0.2, 0) is 16.1 Å². The van der Waals surface area contributed by atoms with Crippen molar-refractivity contribution in [3.63, 3.8) is 0 Å². The molecule has 2 atom stereocenters. The fourth-order valence-electron chi connectivity index (χ4n) is 4.56. The Bertz CT molecular complexity index is 1090. The molecular weight excluding hydrogens is 459 g/mol. The molecule has 0 bridgehead atoms. The summed E-state index contributed by atoms with van der Waals surface area (Å²) in [6.45, 7) is 9.40. The van der Waals surface area contributed by atoms with Crippen molar-refractivity contribution in [1.82, 2.24) is 14.8 Å². The number of hydrogen-bond donors (Lipinski definition) is 1. The number of nitrogens with zero attached hydrogens (tertiary/aromatic N) is 3. The second-order valence-electron chi connectivity index (χ2n) is 9.16. The molecule has 7 nitrogen and oxygen atoms in total. The molecule has 2 amide bonds. The SMILES string of the molecule is Cc1ncc(C(=O)Nc2cc(F)cc(CN3CCN(C(=O)[C@H]4CCOC4)[C@@H](C)C3)c2C)cc1Cl. The van der Waals surface area contributed by atoms with E-state index in [-0.39, 0.29) is 17.9 Å². The third-order valence-electron chi connectivity index (χ3n) is 6.68. The first-order valence-corrected chi connectivity index (χ1v) is 11.9. The number of aromatic nitrogens is 1. The largest absolute Gasteiger partial charge is 0.381 e. The van der Waals surface area contributed by atoms with Crippen LogP contribution in [0.4, 0.5) is 10.1 Å². The number of hydrogen-bond acceptors (Lipinski definition) is 5. The Morgan fingerprint density at radius 2 is 2.06 bits per heavy atom. The number of piperazine rings is 1. The maximum Gasteiger partial charge on any atom is 0.257 e. The first kappa shape index (κ1) is 24.6. The van der Waals surface area contributed by atoms with E-state index in [4.69, 9.17) is 16.3 Å². The number of aryl methyl sites for hydroxylation is 1. The van der Waals surface area contributed by atoms with Crippen LogP contribution in [0.15, 0.2) is 24.4 Å². The minimum Gasteiger partial charge on any atom is -0.381 e. The lowest BCUT2D eigenvalue weighted by atomic mass is 10.0. The van der Waals surface area contributed by atoms with Gasteiger partial charge in [-0.05, 0) is 56.5 Å². The van der Waals surface area contributed by atoms with E-state index in [9.17, 15) is 14.0 Å². The number of anilines is 1. The van der Waals surface area contributed by atoms with Gasteiger partial charge in [0.25, 0.3) is 5.91 Å². The number of nitrogens with one attached hydrogen (secondary N) is 1. The monoisotopic (exact) mass is 488 g/mol. The molecule has 182 valence electrons. The van der Waals surface area contributed by atoms with Gasteiger partial charge < -0.3 is 15.0 Å². The van der Waals surface area contributed by atoms with Crippen molar-refractivity contribution in [2.45, 2.75) is 39.8 Å². The predicted octanol–water partition coefficient (Wildman–Crippen LogP) is 3.81. The number of amides is 2. The molecule has 0 radical (unpaired) electrons. The van der Waals surface area contributed by atoms with Gasteiger partial charge >= 0.3 is 0 Å². The van der Waals surface area contributed by atoms with Crippen molar-refractivity contribution in [2.75, 3.05) is 38.2 Å². The normalized spacial score (nSPS) is 21.0. The second kappa shape index (κ2) is 10.4. The average molecular weight is 489 g/mol. The molecule has 34 heavy (non-hydrogen) atoms. The summed E-state index contributed by atoms with van der Waals surface area (Å²) < 4.78 is 19.9. The quantitative estimate of drug-likeness (QED) is 0.692. The van der Waals surface area contributed by atoms with E-state index in [0.29, 0.717) is 61.4 Å². The summed E-state index contributed by atoms with van der Waals surface area (Å²) in [6, 6.07) is 4.44. The van der Waals surface area contributed by atoms with E-state index in [1.54, 1.807) is 13.0 Å². The number of rotatable bonds is 5. The summed E-state index contributed by atoms with van der Waals surface area (Å²) in [5, 5.41) is 3.19. The van der Waals surface area contributed by atoms with Crippen LogP contribution in [0.5, 0.6) is 0 Å². The maximum atomic E-state index is 14.5. The van der Waals surface area contributed by atoms with Gasteiger partial charge in [0, 0.05) is 50.7 Å². The van der Waals surface area contributed by atoms with Gasteiger partial charge in [0.2, 0.25) is 5.91 Å². The standard InChI is InChI=1S/C25H30ClFN4O3/c1-15-12-30(5-6-31(15)25(33)18-4-7-34-14-18)13-20-8-21(27)10-23(16(20)2)29-24(32)19-9-22(26)17(3)28-11-19/h8-11,15,18H,4-7,12-14H2,1-3H3,(H,29,32)/t15-,18-/m0/s1. The second-order valence-corrected chi connectivity index (χ2v) is 9.57. The van der Waals surface area contributed by atoms with Crippen molar-refractivity contribution in [3.8, 4) is 0 Å². The molecule has 3 heterocycles. The average Bonchev–Trinajstić information content (AvgIpc) is 3.33. The number of benzene rings is 1. The summed E-state index contributed by atoms with van der Waals surface area (Å²) in [7, 11) is 0. The zero-order valence-corrected chi connectivity index (χ0v) is 20.5. The molecule has 9 heteroatoms. The lowest BCUT2D eigenvalue weighted by Gasteiger charge is -2.41. The van der Waals surface area contributed by atoms with Gasteiger partial charge in [-0.15, -0.1) is 0 Å². The molecule has 2 fully saturated rings. The summed E-state index contributed by atoms with van der Waals surface area (Å²) in [5.41, 5.74) is 2.96. The lowest BCUT2D eigenvalue weighted by molar-refractivity contribution is -0.140. The van der Waals surface area contributed by atoms with E-state index in [2.05, 4.69) is 15.2 Å². The highest BCUT2D eigenvalue weighted by Gasteiger charge is 2.33. The van der Waals surface area contributed by atoms with Crippen LogP contribution in [0, 0.1) is 25.6 Å². The molecule has 0 spiro atoms. The molecular formula is C25H30ClFN4O3. The molecule has 2 aliphatic heterocycles. The van der Waals surface area contributed by atoms with Gasteiger partial charge in [-0.1, -0.05) is 11.6 Å².